The molecule has 41 heavy (non-hydrogen) atoms. The SMILES string of the molecule is O=P(O)(Oc1ccc(C2CCCCC2)cc1C1CCCCC1)Oc1ccc(C2CCCCC2)cc1C1CCCCC1. The molecule has 0 heterocycles. The Bertz CT molecular complexity index is 1090. The summed E-state index contributed by atoms with van der Waals surface area (Å²) in [4.78, 5) is 11.2. The Morgan fingerprint density at radius 3 is 1.15 bits per heavy atom. The van der Waals surface area contributed by atoms with Gasteiger partial charge in [0.2, 0.25) is 0 Å². The summed E-state index contributed by atoms with van der Waals surface area (Å²) in [6, 6.07) is 12.8. The maximum Gasteiger partial charge on any atom is 0.584 e. The van der Waals surface area contributed by atoms with E-state index in [1.54, 1.807) is 0 Å². The van der Waals surface area contributed by atoms with Gasteiger partial charge in [-0.2, -0.15) is 0 Å². The first-order valence-electron chi connectivity index (χ1n) is 17.1. The minimum absolute atomic E-state index is 0.384. The molecule has 0 saturated heterocycles. The van der Waals surface area contributed by atoms with Gasteiger partial charge < -0.3 is 9.05 Å². The van der Waals surface area contributed by atoms with E-state index in [1.165, 1.54) is 114 Å². The van der Waals surface area contributed by atoms with E-state index < -0.39 is 7.82 Å². The van der Waals surface area contributed by atoms with Gasteiger partial charge in [0.05, 0.1) is 0 Å². The molecule has 1 N–H and O–H groups in total. The zero-order chi connectivity index (χ0) is 28.1. The molecular weight excluding hydrogens is 527 g/mol. The Hall–Kier alpha value is -1.77. The second-order valence-corrected chi connectivity index (χ2v) is 14.9. The summed E-state index contributed by atoms with van der Waals surface area (Å²) in [5.74, 6) is 3.04. The van der Waals surface area contributed by atoms with E-state index in [9.17, 15) is 9.46 Å². The Morgan fingerprint density at radius 2 is 0.805 bits per heavy atom. The summed E-state index contributed by atoms with van der Waals surface area (Å²) in [6.45, 7) is 0. The third-order valence-electron chi connectivity index (χ3n) is 10.7. The van der Waals surface area contributed by atoms with Crippen molar-refractivity contribution < 1.29 is 18.5 Å². The standard InChI is InChI=1S/C36H51O4P/c37-41(38,39-35-23-21-31(27-13-5-1-6-14-27)25-33(35)29-17-9-3-10-18-29)40-36-24-22-32(28-15-7-2-8-16-28)26-34(36)30-19-11-4-12-20-30/h21-30H,1-20H2,(H,37,38). The van der Waals surface area contributed by atoms with Crippen LogP contribution in [0.25, 0.3) is 0 Å². The molecule has 0 atom stereocenters. The topological polar surface area (TPSA) is 55.8 Å². The lowest BCUT2D eigenvalue weighted by Crippen LogP contribution is -2.12. The molecule has 0 aliphatic heterocycles. The molecule has 0 aromatic heterocycles. The molecule has 0 radical (unpaired) electrons. The molecule has 4 nitrogen and oxygen atoms in total. The molecule has 0 spiro atoms. The predicted molar refractivity (Wildman–Crippen MR) is 167 cm³/mol. The van der Waals surface area contributed by atoms with Crippen LogP contribution in [0.3, 0.4) is 0 Å². The summed E-state index contributed by atoms with van der Waals surface area (Å²) in [5.41, 5.74) is 4.99. The van der Waals surface area contributed by atoms with Crippen LogP contribution < -0.4 is 9.05 Å². The zero-order valence-electron chi connectivity index (χ0n) is 25.0. The van der Waals surface area contributed by atoms with Crippen LogP contribution in [0.2, 0.25) is 0 Å². The van der Waals surface area contributed by atoms with Crippen LogP contribution in [0.5, 0.6) is 11.5 Å². The van der Waals surface area contributed by atoms with Gasteiger partial charge >= 0.3 is 7.82 Å². The number of hydrogen-bond donors (Lipinski definition) is 1. The van der Waals surface area contributed by atoms with Crippen LogP contribution in [-0.4, -0.2) is 4.89 Å². The molecule has 0 amide bonds. The summed E-state index contributed by atoms with van der Waals surface area (Å²) in [5, 5.41) is 0. The van der Waals surface area contributed by atoms with Crippen LogP contribution in [0.15, 0.2) is 36.4 Å². The van der Waals surface area contributed by atoms with E-state index in [4.69, 9.17) is 9.05 Å². The maximum atomic E-state index is 13.7. The van der Waals surface area contributed by atoms with E-state index in [-0.39, 0.29) is 0 Å². The Kier molecular flexibility index (Phi) is 9.78. The molecule has 0 unspecified atom stereocenters. The maximum absolute atomic E-state index is 13.7. The van der Waals surface area contributed by atoms with Gasteiger partial charge in [-0.3, -0.25) is 4.89 Å². The van der Waals surface area contributed by atoms with Gasteiger partial charge in [-0.25, -0.2) is 4.57 Å². The minimum Gasteiger partial charge on any atom is -0.395 e. The lowest BCUT2D eigenvalue weighted by atomic mass is 9.79. The van der Waals surface area contributed by atoms with Crippen molar-refractivity contribution in [1.29, 1.82) is 0 Å². The number of phosphoric ester groups is 1. The highest BCUT2D eigenvalue weighted by molar-refractivity contribution is 7.48. The van der Waals surface area contributed by atoms with Gasteiger partial charge in [0.25, 0.3) is 0 Å². The predicted octanol–water partition coefficient (Wildman–Crippen LogP) is 11.4. The average molecular weight is 579 g/mol. The molecule has 2 aromatic rings. The van der Waals surface area contributed by atoms with E-state index >= 15 is 0 Å². The van der Waals surface area contributed by atoms with Gasteiger partial charge in [-0.1, -0.05) is 101 Å². The molecule has 5 heteroatoms. The summed E-state index contributed by atoms with van der Waals surface area (Å²) < 4.78 is 25.7. The second-order valence-electron chi connectivity index (χ2n) is 13.6. The largest absolute Gasteiger partial charge is 0.584 e. The number of hydrogen-bond acceptors (Lipinski definition) is 3. The van der Waals surface area contributed by atoms with Gasteiger partial charge in [-0.15, -0.1) is 0 Å². The number of rotatable bonds is 8. The van der Waals surface area contributed by atoms with Crippen LogP contribution >= 0.6 is 7.82 Å². The summed E-state index contributed by atoms with van der Waals surface area (Å²) in [7, 11) is -4.39. The van der Waals surface area contributed by atoms with Crippen LogP contribution in [-0.2, 0) is 4.57 Å². The Morgan fingerprint density at radius 1 is 0.488 bits per heavy atom. The molecule has 4 aliphatic rings. The lowest BCUT2D eigenvalue weighted by Gasteiger charge is -2.29. The van der Waals surface area contributed by atoms with Crippen molar-refractivity contribution in [3.05, 3.63) is 58.7 Å². The summed E-state index contributed by atoms with van der Waals surface area (Å²) >= 11 is 0. The van der Waals surface area contributed by atoms with E-state index in [2.05, 4.69) is 24.3 Å². The number of phosphoric acid groups is 1. The molecule has 224 valence electrons. The fraction of sp³-hybridized carbons (Fsp3) is 0.667. The molecule has 6 rings (SSSR count). The molecule has 4 aliphatic carbocycles. The highest BCUT2D eigenvalue weighted by atomic mass is 31.2. The van der Waals surface area contributed by atoms with Crippen molar-refractivity contribution in [2.24, 2.45) is 0 Å². The summed E-state index contributed by atoms with van der Waals surface area (Å²) in [6.07, 6.45) is 24.7. The Balaban J connectivity index is 1.26. The van der Waals surface area contributed by atoms with E-state index in [0.29, 0.717) is 35.2 Å². The highest BCUT2D eigenvalue weighted by Crippen LogP contribution is 2.51. The van der Waals surface area contributed by atoms with Crippen LogP contribution in [0.4, 0.5) is 0 Å². The highest BCUT2D eigenvalue weighted by Gasteiger charge is 2.32. The number of benzene rings is 2. The van der Waals surface area contributed by atoms with Crippen LogP contribution in [0, 0.1) is 0 Å². The first-order chi connectivity index (χ1) is 20.1. The lowest BCUT2D eigenvalue weighted by molar-refractivity contribution is 0.285. The van der Waals surface area contributed by atoms with Crippen molar-refractivity contribution in [2.45, 2.75) is 152 Å². The van der Waals surface area contributed by atoms with Crippen molar-refractivity contribution in [3.63, 3.8) is 0 Å². The van der Waals surface area contributed by atoms with Crippen molar-refractivity contribution in [1.82, 2.24) is 0 Å². The van der Waals surface area contributed by atoms with Crippen molar-refractivity contribution >= 4 is 7.82 Å². The monoisotopic (exact) mass is 578 g/mol. The molecule has 0 bridgehead atoms. The normalized spacial score (nSPS) is 22.5. The van der Waals surface area contributed by atoms with E-state index in [1.807, 2.05) is 12.1 Å². The van der Waals surface area contributed by atoms with Gasteiger partial charge in [0, 0.05) is 0 Å². The first-order valence-corrected chi connectivity index (χ1v) is 18.5. The molecule has 4 saturated carbocycles. The quantitative estimate of drug-likeness (QED) is 0.317. The van der Waals surface area contributed by atoms with Crippen molar-refractivity contribution in [3.8, 4) is 11.5 Å². The minimum atomic E-state index is -4.39. The first kappa shape index (κ1) is 29.3. The third-order valence-corrected chi connectivity index (χ3v) is 11.6. The average Bonchev–Trinajstić information content (AvgIpc) is 3.03. The van der Waals surface area contributed by atoms with Gasteiger partial charge in [0.1, 0.15) is 11.5 Å². The fourth-order valence-corrected chi connectivity index (χ4v) is 9.28. The molecule has 4 fully saturated rings. The molecular formula is C36H51O4P. The third kappa shape index (κ3) is 7.42. The Labute approximate surface area is 248 Å². The molecule has 2 aromatic carbocycles. The smallest absolute Gasteiger partial charge is 0.395 e. The van der Waals surface area contributed by atoms with Crippen molar-refractivity contribution in [2.75, 3.05) is 0 Å². The fourth-order valence-electron chi connectivity index (χ4n) is 8.41. The van der Waals surface area contributed by atoms with Gasteiger partial charge in [-0.05, 0) is 109 Å². The second kappa shape index (κ2) is 13.7. The van der Waals surface area contributed by atoms with Crippen LogP contribution in [0.1, 0.15) is 174 Å². The van der Waals surface area contributed by atoms with E-state index in [0.717, 1.165) is 36.8 Å². The van der Waals surface area contributed by atoms with Gasteiger partial charge in [0.15, 0.2) is 0 Å². The zero-order valence-corrected chi connectivity index (χ0v) is 25.9.